The van der Waals surface area contributed by atoms with Gasteiger partial charge in [-0.1, -0.05) is 3.89 Å². The Balaban J connectivity index is -0.000000125. The van der Waals surface area contributed by atoms with E-state index in [4.69, 9.17) is 8.42 Å². The minimum Gasteiger partial charge on any atom is -1.00 e. The summed E-state index contributed by atoms with van der Waals surface area (Å²) in [5, 5.41) is 0. The summed E-state index contributed by atoms with van der Waals surface area (Å²) in [4.78, 5) is -0.0903. The fourth-order valence-corrected chi connectivity index (χ4v) is 0. The molecule has 0 bridgehead atoms. The molecule has 7 heteroatoms. The van der Waals surface area contributed by atoms with Gasteiger partial charge in [0, 0.05) is 0 Å². The third kappa shape index (κ3) is 10.7. The monoisotopic (exact) mass is 125 g/mol. The first-order valence-corrected chi connectivity index (χ1v) is 2.26. The maximum Gasteiger partial charge on any atom is 1.00 e. The van der Waals surface area contributed by atoms with E-state index in [2.05, 4.69) is 0 Å². The Labute approximate surface area is 53.0 Å². The summed E-state index contributed by atoms with van der Waals surface area (Å²) in [6, 6.07) is 0. The Morgan fingerprint density at radius 2 is 1.71 bits per heavy atom. The van der Waals surface area contributed by atoms with Crippen LogP contribution in [0.1, 0.15) is 1.43 Å². The van der Waals surface area contributed by atoms with Gasteiger partial charge in [0.1, 0.15) is 0 Å². The second kappa shape index (κ2) is 3.38. The molecule has 0 fully saturated rings. The molecule has 0 aromatic rings. The summed E-state index contributed by atoms with van der Waals surface area (Å²) in [6.07, 6.45) is 0. The van der Waals surface area contributed by atoms with Crippen LogP contribution in [-0.4, -0.2) is 8.42 Å². The fraction of sp³-hybridized carbons (Fsp3) is 0. The van der Waals surface area contributed by atoms with Crippen molar-refractivity contribution < 1.29 is 37.1 Å². The number of hydrogen-bond donors (Lipinski definition) is 1. The maximum absolute atomic E-state index is 10.6. The van der Waals surface area contributed by atoms with Gasteiger partial charge in [0.2, 0.25) is 0 Å². The molecule has 0 spiro atoms. The zero-order chi connectivity index (χ0) is 5.21. The van der Waals surface area contributed by atoms with Crippen molar-refractivity contribution >= 4 is 10.4 Å². The Hall–Kier alpha value is 0.367. The molecule has 0 saturated heterocycles. The van der Waals surface area contributed by atoms with Crippen LogP contribution in [0.25, 0.3) is 0 Å². The van der Waals surface area contributed by atoms with Gasteiger partial charge in [-0.25, -0.2) is 0 Å². The van der Waals surface area contributed by atoms with Gasteiger partial charge in [0.25, 0.3) is 0 Å². The summed E-state index contributed by atoms with van der Waals surface area (Å²) in [7, 11) is -5.08. The topological polar surface area (TPSA) is 46.2 Å². The molecule has 0 saturated carbocycles. The van der Waals surface area contributed by atoms with Crippen LogP contribution >= 0.6 is 0 Å². The molecule has 0 aromatic heterocycles. The molecule has 0 aliphatic heterocycles. The van der Waals surface area contributed by atoms with Crippen LogP contribution in [0.2, 0.25) is 0 Å². The van der Waals surface area contributed by atoms with Crippen LogP contribution in [-0.2, 0) is 10.4 Å². The summed E-state index contributed by atoms with van der Waals surface area (Å²) in [5.41, 5.74) is 0. The third-order valence-corrected chi connectivity index (χ3v) is 0.276. The summed E-state index contributed by atoms with van der Waals surface area (Å²) >= 11 is 0. The standard InChI is InChI=1S/F2HNO2S.Li.H/c1-3-6(2,4)5;;/h3H;;/q;+1;-1. The second-order valence-corrected chi connectivity index (χ2v) is 1.54. The van der Waals surface area contributed by atoms with Crippen molar-refractivity contribution in [1.29, 1.82) is 0 Å². The van der Waals surface area contributed by atoms with Gasteiger partial charge >= 0.3 is 29.3 Å². The molecule has 40 valence electrons. The van der Waals surface area contributed by atoms with E-state index in [1.807, 2.05) is 0 Å². The molecule has 0 aliphatic carbocycles. The van der Waals surface area contributed by atoms with Crippen molar-refractivity contribution in [3.63, 3.8) is 0 Å². The Morgan fingerprint density at radius 1 is 1.57 bits per heavy atom. The zero-order valence-electron chi connectivity index (χ0n) is 4.48. The molecule has 0 aliphatic rings. The summed E-state index contributed by atoms with van der Waals surface area (Å²) in [6.45, 7) is 0. The molecule has 0 aromatic carbocycles. The smallest absolute Gasteiger partial charge is 1.00 e. The van der Waals surface area contributed by atoms with Crippen LogP contribution in [0.4, 0.5) is 8.37 Å². The molecular weight excluding hydrogens is 123 g/mol. The van der Waals surface area contributed by atoms with Gasteiger partial charge in [0.15, 0.2) is 0 Å². The quantitative estimate of drug-likeness (QED) is 0.228. The second-order valence-electron chi connectivity index (χ2n) is 0.515. The molecule has 3 nitrogen and oxygen atoms in total. The van der Waals surface area contributed by atoms with Crippen molar-refractivity contribution in [3.05, 3.63) is 0 Å². The van der Waals surface area contributed by atoms with E-state index in [0.29, 0.717) is 0 Å². The zero-order valence-corrected chi connectivity index (χ0v) is 4.30. The van der Waals surface area contributed by atoms with Crippen molar-refractivity contribution in [3.8, 4) is 0 Å². The molecule has 1 N–H and O–H groups in total. The minimum absolute atomic E-state index is 0. The van der Waals surface area contributed by atoms with E-state index < -0.39 is 10.4 Å². The summed E-state index contributed by atoms with van der Waals surface area (Å²) < 4.78 is 38.6. The Kier molecular flexibility index (Phi) is 5.01. The normalized spacial score (nSPS) is 10.0. The minimum atomic E-state index is -5.08. The Morgan fingerprint density at radius 3 is 1.71 bits per heavy atom. The van der Waals surface area contributed by atoms with Gasteiger partial charge in [-0.2, -0.15) is 8.42 Å². The molecule has 0 amide bonds. The van der Waals surface area contributed by atoms with E-state index in [9.17, 15) is 8.37 Å². The van der Waals surface area contributed by atoms with Gasteiger partial charge in [-0.3, -0.25) is 0 Å². The van der Waals surface area contributed by atoms with E-state index in [0.717, 1.165) is 0 Å². The SMILES string of the molecule is O=S(=O)(F)NF.[H-].[Li+]. The van der Waals surface area contributed by atoms with Gasteiger partial charge in [0.05, 0.1) is 0 Å². The third-order valence-electron chi connectivity index (χ3n) is 0.0922. The van der Waals surface area contributed by atoms with Crippen molar-refractivity contribution in [2.24, 2.45) is 0 Å². The van der Waals surface area contributed by atoms with Crippen LogP contribution in [0.5, 0.6) is 0 Å². The van der Waals surface area contributed by atoms with Gasteiger partial charge < -0.3 is 1.43 Å². The molecule has 0 heterocycles. The molecule has 0 rings (SSSR count). The van der Waals surface area contributed by atoms with Crippen LogP contribution in [0.3, 0.4) is 0 Å². The maximum atomic E-state index is 10.6. The molecule has 0 atom stereocenters. The van der Waals surface area contributed by atoms with Crippen molar-refractivity contribution in [2.45, 2.75) is 0 Å². The molecule has 7 heavy (non-hydrogen) atoms. The van der Waals surface area contributed by atoms with E-state index in [1.54, 1.807) is 0 Å². The van der Waals surface area contributed by atoms with Crippen LogP contribution in [0, 0.1) is 0 Å². The first-order chi connectivity index (χ1) is 2.56. The van der Waals surface area contributed by atoms with Crippen molar-refractivity contribution in [1.82, 2.24) is 4.94 Å². The molecule has 0 radical (unpaired) electrons. The molecule has 0 unspecified atom stereocenters. The first kappa shape index (κ1) is 10.4. The fourth-order valence-electron chi connectivity index (χ4n) is 0. The van der Waals surface area contributed by atoms with E-state index in [-0.39, 0.29) is 25.2 Å². The number of rotatable bonds is 1. The van der Waals surface area contributed by atoms with Gasteiger partial charge in [-0.05, 0) is 4.94 Å². The van der Waals surface area contributed by atoms with E-state index in [1.165, 1.54) is 0 Å². The predicted molar refractivity (Wildman–Crippen MR) is 15.4 cm³/mol. The van der Waals surface area contributed by atoms with Gasteiger partial charge in [-0.15, -0.1) is 4.48 Å². The number of halogens is 2. The van der Waals surface area contributed by atoms with Crippen molar-refractivity contribution in [2.75, 3.05) is 0 Å². The number of nitrogens with one attached hydrogen (secondary N) is 1. The van der Waals surface area contributed by atoms with Crippen LogP contribution < -0.4 is 23.8 Å². The van der Waals surface area contributed by atoms with Crippen LogP contribution in [0.15, 0.2) is 0 Å². The van der Waals surface area contributed by atoms with E-state index >= 15 is 0 Å². The average Bonchev–Trinajstić information content (AvgIpc) is 1.35. The first-order valence-electron chi connectivity index (χ1n) is 0.881. The largest absolute Gasteiger partial charge is 1.00 e. The number of hydrogen-bond acceptors (Lipinski definition) is 2. The average molecular weight is 125 g/mol. The predicted octanol–water partition coefficient (Wildman–Crippen LogP) is -3.21. The molecular formula is H2F2LiNO2S. The summed E-state index contributed by atoms with van der Waals surface area (Å²) in [5.74, 6) is 0. The Bertz CT molecular complexity index is 122.